The summed E-state index contributed by atoms with van der Waals surface area (Å²) in [6.45, 7) is 5.64. The number of methoxy groups -OCH3 is 1. The van der Waals surface area contributed by atoms with Crippen molar-refractivity contribution in [1.82, 2.24) is 19.6 Å². The monoisotopic (exact) mass is 251 g/mol. The maximum Gasteiger partial charge on any atom is 0.161 e. The molecule has 2 bridgehead atoms. The summed E-state index contributed by atoms with van der Waals surface area (Å²) in [4.78, 5) is 4.99. The van der Waals surface area contributed by atoms with Gasteiger partial charge in [0, 0.05) is 45.8 Å². The Morgan fingerprint density at radius 2 is 2.11 bits per heavy atom. The highest BCUT2D eigenvalue weighted by Gasteiger charge is 2.37. The number of aryl methyl sites for hydroxylation is 1. The molecule has 6 heteroatoms. The van der Waals surface area contributed by atoms with E-state index in [4.69, 9.17) is 10.5 Å². The lowest BCUT2D eigenvalue weighted by Crippen LogP contribution is -2.63. The minimum atomic E-state index is -0.0458. The van der Waals surface area contributed by atoms with Gasteiger partial charge in [0.1, 0.15) is 0 Å². The first kappa shape index (κ1) is 12.0. The molecule has 3 aliphatic heterocycles. The minimum Gasteiger partial charge on any atom is -0.493 e. The lowest BCUT2D eigenvalue weighted by atomic mass is 9.98. The molecular formula is C12H21N5O. The average molecular weight is 251 g/mol. The Bertz CT molecular complexity index is 424. The smallest absolute Gasteiger partial charge is 0.161 e. The molecule has 4 rings (SSSR count). The summed E-state index contributed by atoms with van der Waals surface area (Å²) in [7, 11) is 3.60. The molecule has 1 aromatic rings. The van der Waals surface area contributed by atoms with Crippen molar-refractivity contribution in [2.75, 3.05) is 39.8 Å². The molecule has 4 heterocycles. The van der Waals surface area contributed by atoms with Crippen LogP contribution >= 0.6 is 0 Å². The highest BCUT2D eigenvalue weighted by Crippen LogP contribution is 2.30. The van der Waals surface area contributed by atoms with E-state index in [0.717, 1.165) is 31.1 Å². The highest BCUT2D eigenvalue weighted by atomic mass is 16.5. The van der Waals surface area contributed by atoms with E-state index in [1.54, 1.807) is 13.3 Å². The molecule has 18 heavy (non-hydrogen) atoms. The van der Waals surface area contributed by atoms with Crippen LogP contribution in [0.25, 0.3) is 0 Å². The third-order valence-electron chi connectivity index (χ3n) is 4.22. The van der Waals surface area contributed by atoms with Crippen molar-refractivity contribution in [3.05, 3.63) is 11.9 Å². The first-order valence-corrected chi connectivity index (χ1v) is 6.48. The van der Waals surface area contributed by atoms with Gasteiger partial charge in [-0.25, -0.2) is 0 Å². The molecular weight excluding hydrogens is 230 g/mol. The van der Waals surface area contributed by atoms with Gasteiger partial charge in [0.15, 0.2) is 5.75 Å². The first-order valence-electron chi connectivity index (χ1n) is 6.48. The fourth-order valence-electron chi connectivity index (χ4n) is 3.14. The number of aromatic nitrogens is 2. The van der Waals surface area contributed by atoms with Crippen LogP contribution in [0.3, 0.4) is 0 Å². The largest absolute Gasteiger partial charge is 0.493 e. The summed E-state index contributed by atoms with van der Waals surface area (Å²) in [6, 6.07) is 0.326. The number of rotatable bonds is 3. The van der Waals surface area contributed by atoms with Crippen LogP contribution in [0.1, 0.15) is 11.7 Å². The standard InChI is InChI=1S/C12H21N5O/c1-15-12(10(18-2)7-14-15)11(13)9-8-16-3-5-17(9)6-4-16/h7,9,11H,3-6,8,13H2,1-2H3. The molecule has 2 atom stereocenters. The Morgan fingerprint density at radius 3 is 2.67 bits per heavy atom. The van der Waals surface area contributed by atoms with Gasteiger partial charge >= 0.3 is 0 Å². The second-order valence-corrected chi connectivity index (χ2v) is 5.15. The van der Waals surface area contributed by atoms with Crippen molar-refractivity contribution in [1.29, 1.82) is 0 Å². The number of piperazine rings is 3. The topological polar surface area (TPSA) is 59.6 Å². The Hall–Kier alpha value is -1.11. The molecule has 2 N–H and O–H groups in total. The zero-order chi connectivity index (χ0) is 12.7. The van der Waals surface area contributed by atoms with Gasteiger partial charge in [0.25, 0.3) is 0 Å². The van der Waals surface area contributed by atoms with E-state index in [9.17, 15) is 0 Å². The van der Waals surface area contributed by atoms with Gasteiger partial charge in [-0.3, -0.25) is 14.5 Å². The molecule has 3 aliphatic rings. The van der Waals surface area contributed by atoms with Gasteiger partial charge in [0.2, 0.25) is 0 Å². The van der Waals surface area contributed by atoms with Crippen LogP contribution < -0.4 is 10.5 Å². The van der Waals surface area contributed by atoms with Gasteiger partial charge in [-0.15, -0.1) is 0 Å². The maximum absolute atomic E-state index is 6.47. The molecule has 0 amide bonds. The molecule has 100 valence electrons. The van der Waals surface area contributed by atoms with Crippen LogP contribution in [-0.2, 0) is 7.05 Å². The van der Waals surface area contributed by atoms with E-state index < -0.39 is 0 Å². The molecule has 3 saturated heterocycles. The fourth-order valence-corrected chi connectivity index (χ4v) is 3.14. The van der Waals surface area contributed by atoms with Gasteiger partial charge in [-0.1, -0.05) is 0 Å². The summed E-state index contributed by atoms with van der Waals surface area (Å²) in [5.41, 5.74) is 7.47. The van der Waals surface area contributed by atoms with Gasteiger partial charge < -0.3 is 10.5 Å². The zero-order valence-electron chi connectivity index (χ0n) is 11.0. The number of nitrogens with zero attached hydrogens (tertiary/aromatic N) is 4. The lowest BCUT2D eigenvalue weighted by Gasteiger charge is -2.49. The van der Waals surface area contributed by atoms with Crippen molar-refractivity contribution < 1.29 is 4.74 Å². The van der Waals surface area contributed by atoms with E-state index in [1.807, 2.05) is 11.7 Å². The third-order valence-corrected chi connectivity index (χ3v) is 4.22. The molecule has 3 fully saturated rings. The van der Waals surface area contributed by atoms with E-state index in [2.05, 4.69) is 14.9 Å². The number of fused-ring (bicyclic) bond motifs is 3. The molecule has 6 nitrogen and oxygen atoms in total. The molecule has 0 radical (unpaired) electrons. The Labute approximate surface area is 107 Å². The van der Waals surface area contributed by atoms with Crippen LogP contribution in [0, 0.1) is 0 Å². The third kappa shape index (κ3) is 1.81. The van der Waals surface area contributed by atoms with Crippen LogP contribution in [0.15, 0.2) is 6.20 Å². The predicted octanol–water partition coefficient (Wildman–Crippen LogP) is -0.572. The van der Waals surface area contributed by atoms with Crippen molar-refractivity contribution >= 4 is 0 Å². The minimum absolute atomic E-state index is 0.0458. The number of nitrogens with two attached hydrogens (primary N) is 1. The van der Waals surface area contributed by atoms with Crippen LogP contribution in [0.4, 0.5) is 0 Å². The predicted molar refractivity (Wildman–Crippen MR) is 68.5 cm³/mol. The lowest BCUT2D eigenvalue weighted by molar-refractivity contribution is 0.000841. The van der Waals surface area contributed by atoms with E-state index in [0.29, 0.717) is 6.04 Å². The van der Waals surface area contributed by atoms with Crippen molar-refractivity contribution in [2.45, 2.75) is 12.1 Å². The highest BCUT2D eigenvalue weighted by molar-refractivity contribution is 5.29. The number of ether oxygens (including phenoxy) is 1. The quantitative estimate of drug-likeness (QED) is 0.779. The molecule has 0 aliphatic carbocycles. The molecule has 0 spiro atoms. The van der Waals surface area contributed by atoms with Gasteiger partial charge in [-0.2, -0.15) is 5.10 Å². The van der Waals surface area contributed by atoms with Gasteiger partial charge in [-0.05, 0) is 0 Å². The number of hydrogen-bond donors (Lipinski definition) is 1. The molecule has 0 saturated carbocycles. The second kappa shape index (κ2) is 4.53. The van der Waals surface area contributed by atoms with Gasteiger partial charge in [0.05, 0.1) is 25.0 Å². The SMILES string of the molecule is COc1cnn(C)c1C(N)C1CN2CCN1CC2. The normalized spacial score (nSPS) is 32.5. The fraction of sp³-hybridized carbons (Fsp3) is 0.750. The molecule has 2 unspecified atom stereocenters. The van der Waals surface area contributed by atoms with E-state index >= 15 is 0 Å². The summed E-state index contributed by atoms with van der Waals surface area (Å²) in [5.74, 6) is 0.794. The Morgan fingerprint density at radius 1 is 1.39 bits per heavy atom. The summed E-state index contributed by atoms with van der Waals surface area (Å²) in [6.07, 6.45) is 1.74. The van der Waals surface area contributed by atoms with Crippen LogP contribution in [0.2, 0.25) is 0 Å². The second-order valence-electron chi connectivity index (χ2n) is 5.15. The van der Waals surface area contributed by atoms with Crippen molar-refractivity contribution in [3.8, 4) is 5.75 Å². The van der Waals surface area contributed by atoms with Crippen molar-refractivity contribution in [3.63, 3.8) is 0 Å². The van der Waals surface area contributed by atoms with Crippen LogP contribution in [-0.4, -0.2) is 65.5 Å². The summed E-state index contributed by atoms with van der Waals surface area (Å²) < 4.78 is 7.20. The van der Waals surface area contributed by atoms with Crippen molar-refractivity contribution in [2.24, 2.45) is 12.8 Å². The van der Waals surface area contributed by atoms with Crippen LogP contribution in [0.5, 0.6) is 5.75 Å². The number of hydrogen-bond acceptors (Lipinski definition) is 5. The van der Waals surface area contributed by atoms with E-state index in [-0.39, 0.29) is 6.04 Å². The maximum atomic E-state index is 6.47. The Kier molecular flexibility index (Phi) is 3.01. The average Bonchev–Trinajstić information content (AvgIpc) is 2.80. The summed E-state index contributed by atoms with van der Waals surface area (Å²) in [5, 5.41) is 4.24. The summed E-state index contributed by atoms with van der Waals surface area (Å²) >= 11 is 0. The van der Waals surface area contributed by atoms with E-state index in [1.165, 1.54) is 13.1 Å². The molecule has 0 aromatic carbocycles. The zero-order valence-corrected chi connectivity index (χ0v) is 11.0. The Balaban J connectivity index is 1.85. The first-order chi connectivity index (χ1) is 8.70. The molecule has 1 aromatic heterocycles.